The summed E-state index contributed by atoms with van der Waals surface area (Å²) < 4.78 is 0. The van der Waals surface area contributed by atoms with Crippen molar-refractivity contribution in [3.63, 3.8) is 0 Å². The van der Waals surface area contributed by atoms with Crippen LogP contribution >= 0.6 is 0 Å². The number of nitrogens with one attached hydrogen (secondary N) is 2. The van der Waals surface area contributed by atoms with Crippen molar-refractivity contribution < 1.29 is 4.79 Å². The van der Waals surface area contributed by atoms with Gasteiger partial charge in [-0.2, -0.15) is 20.5 Å². The van der Waals surface area contributed by atoms with Gasteiger partial charge in [0, 0.05) is 36.5 Å². The van der Waals surface area contributed by atoms with Crippen LogP contribution in [0.5, 0.6) is 0 Å². The molecule has 21 heavy (non-hydrogen) atoms. The van der Waals surface area contributed by atoms with Crippen LogP contribution in [0, 0.1) is 0 Å². The van der Waals surface area contributed by atoms with Crippen molar-refractivity contribution in [1.82, 2.24) is 30.5 Å². The number of carbonyl (C=O) groups excluding carboxylic acids is 1. The summed E-state index contributed by atoms with van der Waals surface area (Å²) >= 11 is 0. The number of benzene rings is 1. The quantitative estimate of drug-likeness (QED) is 0.741. The van der Waals surface area contributed by atoms with Crippen LogP contribution in [0.3, 0.4) is 0 Å². The highest BCUT2D eigenvalue weighted by atomic mass is 16.2. The first-order valence-corrected chi connectivity index (χ1v) is 6.90. The van der Waals surface area contributed by atoms with Crippen LogP contribution in [0.1, 0.15) is 28.4 Å². The Labute approximate surface area is 120 Å². The molecule has 3 aromatic rings. The Kier molecular flexibility index (Phi) is 2.70. The molecule has 1 aliphatic rings. The Morgan fingerprint density at radius 2 is 2.14 bits per heavy atom. The molecule has 1 atom stereocenters. The number of aromatic nitrogens is 5. The average Bonchev–Trinajstić information content (AvgIpc) is 3.24. The first kappa shape index (κ1) is 12.1. The lowest BCUT2D eigenvalue weighted by molar-refractivity contribution is 0.0791. The predicted octanol–water partition coefficient (Wildman–Crippen LogP) is 1.31. The number of fused-ring (bicyclic) bond motifs is 1. The van der Waals surface area contributed by atoms with E-state index in [4.69, 9.17) is 0 Å². The molecule has 2 N–H and O–H groups in total. The highest BCUT2D eigenvalue weighted by molar-refractivity contribution is 5.97. The molecular formula is C14H14N6O. The lowest BCUT2D eigenvalue weighted by atomic mass is 10.1. The van der Waals surface area contributed by atoms with Gasteiger partial charge >= 0.3 is 0 Å². The van der Waals surface area contributed by atoms with Crippen LogP contribution in [0.2, 0.25) is 0 Å². The third-order valence-electron chi connectivity index (χ3n) is 4.00. The topological polar surface area (TPSA) is 90.6 Å². The van der Waals surface area contributed by atoms with E-state index in [9.17, 15) is 4.79 Å². The molecule has 2 aromatic heterocycles. The third kappa shape index (κ3) is 2.06. The van der Waals surface area contributed by atoms with Gasteiger partial charge in [0.25, 0.3) is 5.91 Å². The zero-order valence-electron chi connectivity index (χ0n) is 11.3. The number of H-pyrrole nitrogens is 2. The molecule has 7 nitrogen and oxygen atoms in total. The minimum absolute atomic E-state index is 0.0434. The van der Waals surface area contributed by atoms with Gasteiger partial charge in [-0.1, -0.05) is 0 Å². The van der Waals surface area contributed by atoms with Crippen molar-refractivity contribution in [2.75, 3.05) is 13.1 Å². The number of hydrogen-bond acceptors (Lipinski definition) is 4. The third-order valence-corrected chi connectivity index (χ3v) is 4.00. The van der Waals surface area contributed by atoms with Crippen LogP contribution < -0.4 is 0 Å². The van der Waals surface area contributed by atoms with Crippen molar-refractivity contribution >= 4 is 16.9 Å². The molecule has 0 saturated carbocycles. The molecular weight excluding hydrogens is 268 g/mol. The Morgan fingerprint density at radius 1 is 1.24 bits per heavy atom. The molecule has 0 spiro atoms. The number of rotatable bonds is 2. The average molecular weight is 282 g/mol. The minimum atomic E-state index is 0.0434. The summed E-state index contributed by atoms with van der Waals surface area (Å²) in [6.07, 6.45) is 2.71. The van der Waals surface area contributed by atoms with Gasteiger partial charge in [-0.25, -0.2) is 0 Å². The summed E-state index contributed by atoms with van der Waals surface area (Å²) in [4.78, 5) is 14.5. The zero-order valence-corrected chi connectivity index (χ0v) is 11.3. The maximum absolute atomic E-state index is 12.6. The maximum Gasteiger partial charge on any atom is 0.253 e. The van der Waals surface area contributed by atoms with Crippen molar-refractivity contribution in [1.29, 1.82) is 0 Å². The van der Waals surface area contributed by atoms with Gasteiger partial charge in [0.1, 0.15) is 11.0 Å². The van der Waals surface area contributed by atoms with Crippen molar-refractivity contribution in [2.24, 2.45) is 0 Å². The number of likely N-dealkylation sites (tertiary alicyclic amines) is 1. The van der Waals surface area contributed by atoms with Crippen LogP contribution in [0.25, 0.3) is 11.0 Å². The summed E-state index contributed by atoms with van der Waals surface area (Å²) in [5.74, 6) is 0.383. The summed E-state index contributed by atoms with van der Waals surface area (Å²) in [5.41, 5.74) is 3.23. The molecule has 1 fully saturated rings. The molecule has 0 aliphatic carbocycles. The maximum atomic E-state index is 12.6. The van der Waals surface area contributed by atoms with Crippen molar-refractivity contribution in [3.05, 3.63) is 41.7 Å². The summed E-state index contributed by atoms with van der Waals surface area (Å²) in [7, 11) is 0. The fourth-order valence-electron chi connectivity index (χ4n) is 2.85. The fraction of sp³-hybridized carbons (Fsp3) is 0.286. The summed E-state index contributed by atoms with van der Waals surface area (Å²) in [6, 6.07) is 7.37. The lowest BCUT2D eigenvalue weighted by Crippen LogP contribution is -2.28. The summed E-state index contributed by atoms with van der Waals surface area (Å²) in [5, 5.41) is 17.5. The molecule has 1 aromatic carbocycles. The molecule has 0 unspecified atom stereocenters. The zero-order chi connectivity index (χ0) is 14.2. The van der Waals surface area contributed by atoms with E-state index in [1.807, 2.05) is 17.0 Å². The summed E-state index contributed by atoms with van der Waals surface area (Å²) in [6.45, 7) is 1.48. The Morgan fingerprint density at radius 3 is 3.00 bits per heavy atom. The molecule has 1 amide bonds. The minimum Gasteiger partial charge on any atom is -0.338 e. The van der Waals surface area contributed by atoms with Gasteiger partial charge in [-0.3, -0.25) is 9.89 Å². The first-order chi connectivity index (χ1) is 10.3. The molecule has 0 radical (unpaired) electrons. The molecule has 4 rings (SSSR count). The van der Waals surface area contributed by atoms with Gasteiger partial charge in [0.15, 0.2) is 0 Å². The number of nitrogens with zero attached hydrogens (tertiary/aromatic N) is 4. The fourth-order valence-corrected chi connectivity index (χ4v) is 2.85. The largest absolute Gasteiger partial charge is 0.338 e. The normalized spacial score (nSPS) is 18.5. The second-order valence-corrected chi connectivity index (χ2v) is 5.28. The van der Waals surface area contributed by atoms with Crippen LogP contribution in [-0.2, 0) is 0 Å². The SMILES string of the molecule is O=C(c1ccc2n[nH]nc2c1)N1CC[C@H](c2ccn[nH]2)C1. The van der Waals surface area contributed by atoms with E-state index in [-0.39, 0.29) is 5.91 Å². The molecule has 3 heterocycles. The standard InChI is InChI=1S/C14H14N6O/c21-14(9-1-2-12-13(7-9)18-19-17-12)20-6-4-10(8-20)11-3-5-15-16-11/h1-3,5,7,10H,4,6,8H2,(H,15,16)(H,17,18,19)/t10-/m0/s1. The highest BCUT2D eigenvalue weighted by Crippen LogP contribution is 2.26. The van der Waals surface area contributed by atoms with Gasteiger partial charge in [-0.15, -0.1) is 0 Å². The molecule has 7 heteroatoms. The Balaban J connectivity index is 1.55. The monoisotopic (exact) mass is 282 g/mol. The second kappa shape index (κ2) is 4.69. The van der Waals surface area contributed by atoms with Crippen molar-refractivity contribution in [3.8, 4) is 0 Å². The van der Waals surface area contributed by atoms with E-state index in [1.54, 1.807) is 18.3 Å². The number of amides is 1. The van der Waals surface area contributed by atoms with Crippen LogP contribution in [0.4, 0.5) is 0 Å². The Hall–Kier alpha value is -2.70. The van der Waals surface area contributed by atoms with Gasteiger partial charge < -0.3 is 4.90 Å². The van der Waals surface area contributed by atoms with Crippen molar-refractivity contribution in [2.45, 2.75) is 12.3 Å². The molecule has 106 valence electrons. The number of hydrogen-bond donors (Lipinski definition) is 2. The number of aromatic amines is 2. The van der Waals surface area contributed by atoms with E-state index < -0.39 is 0 Å². The van der Waals surface area contributed by atoms with E-state index >= 15 is 0 Å². The molecule has 1 aliphatic heterocycles. The molecule has 0 bridgehead atoms. The Bertz CT molecular complexity index is 778. The highest BCUT2D eigenvalue weighted by Gasteiger charge is 2.28. The first-order valence-electron chi connectivity index (χ1n) is 6.90. The number of carbonyl (C=O) groups is 1. The van der Waals surface area contributed by atoms with E-state index in [0.717, 1.165) is 30.7 Å². The van der Waals surface area contributed by atoms with Crippen LogP contribution in [0.15, 0.2) is 30.5 Å². The lowest BCUT2D eigenvalue weighted by Gasteiger charge is -2.16. The van der Waals surface area contributed by atoms with E-state index in [1.165, 1.54) is 0 Å². The van der Waals surface area contributed by atoms with E-state index in [0.29, 0.717) is 17.0 Å². The van der Waals surface area contributed by atoms with Crippen LogP contribution in [-0.4, -0.2) is 49.5 Å². The van der Waals surface area contributed by atoms with Gasteiger partial charge in [-0.05, 0) is 30.7 Å². The molecule has 1 saturated heterocycles. The second-order valence-electron chi connectivity index (χ2n) is 5.28. The predicted molar refractivity (Wildman–Crippen MR) is 75.7 cm³/mol. The van der Waals surface area contributed by atoms with E-state index in [2.05, 4.69) is 25.6 Å². The van der Waals surface area contributed by atoms with Gasteiger partial charge in [0.2, 0.25) is 0 Å². The smallest absolute Gasteiger partial charge is 0.253 e. The van der Waals surface area contributed by atoms with Gasteiger partial charge in [0.05, 0.1) is 0 Å².